The fraction of sp³-hybridized carbons (Fsp3) is 0.632. The summed E-state index contributed by atoms with van der Waals surface area (Å²) in [6.07, 6.45) is 2.77. The monoisotopic (exact) mass is 455 g/mol. The molecule has 0 saturated carbocycles. The number of imidazole rings is 1. The number of nitrogens with two attached hydrogens (primary N) is 2. The number of unbranched alkanes of at least 4 members (excludes halogenated alkanes) is 1. The Labute approximate surface area is 185 Å². The molecule has 32 heavy (non-hydrogen) atoms. The van der Waals surface area contributed by atoms with Crippen molar-refractivity contribution in [3.63, 3.8) is 0 Å². The number of aliphatic hydroxyl groups excluding tert-OH is 1. The third-order valence-electron chi connectivity index (χ3n) is 4.65. The molecule has 180 valence electrons. The third-order valence-corrected chi connectivity index (χ3v) is 4.65. The number of aromatic nitrogens is 2. The fourth-order valence-electron chi connectivity index (χ4n) is 2.80. The number of hydrogen-bond acceptors (Lipinski definition) is 8. The van der Waals surface area contributed by atoms with Crippen LogP contribution < -0.4 is 27.4 Å². The number of amides is 3. The van der Waals surface area contributed by atoms with Gasteiger partial charge in [-0.3, -0.25) is 14.4 Å². The number of carboxylic acids is 1. The van der Waals surface area contributed by atoms with Gasteiger partial charge in [-0.05, 0) is 39.7 Å². The van der Waals surface area contributed by atoms with Crippen LogP contribution in [-0.4, -0.2) is 80.7 Å². The van der Waals surface area contributed by atoms with Crippen molar-refractivity contribution in [2.45, 2.75) is 69.8 Å². The summed E-state index contributed by atoms with van der Waals surface area (Å²) in [5.41, 5.74) is 11.5. The molecule has 1 rings (SSSR count). The Morgan fingerprint density at radius 2 is 1.72 bits per heavy atom. The van der Waals surface area contributed by atoms with Crippen LogP contribution in [0.15, 0.2) is 12.5 Å². The van der Waals surface area contributed by atoms with Gasteiger partial charge in [0.15, 0.2) is 0 Å². The van der Waals surface area contributed by atoms with Crippen LogP contribution in [0.5, 0.6) is 0 Å². The summed E-state index contributed by atoms with van der Waals surface area (Å²) in [5.74, 6) is -3.43. The third kappa shape index (κ3) is 8.99. The highest BCUT2D eigenvalue weighted by Gasteiger charge is 2.32. The molecule has 0 fully saturated rings. The quantitative estimate of drug-likeness (QED) is 0.137. The Bertz CT molecular complexity index is 753. The van der Waals surface area contributed by atoms with Crippen LogP contribution in [0.3, 0.4) is 0 Å². The maximum atomic E-state index is 12.8. The number of aliphatic carboxylic acids is 1. The molecule has 0 aliphatic rings. The summed E-state index contributed by atoms with van der Waals surface area (Å²) in [7, 11) is 0. The van der Waals surface area contributed by atoms with E-state index in [0.717, 1.165) is 0 Å². The zero-order valence-electron chi connectivity index (χ0n) is 18.2. The summed E-state index contributed by atoms with van der Waals surface area (Å²) in [5, 5.41) is 26.6. The largest absolute Gasteiger partial charge is 0.480 e. The second kappa shape index (κ2) is 13.4. The highest BCUT2D eigenvalue weighted by Crippen LogP contribution is 2.06. The van der Waals surface area contributed by atoms with Gasteiger partial charge in [-0.25, -0.2) is 9.78 Å². The molecule has 0 saturated heterocycles. The van der Waals surface area contributed by atoms with E-state index in [9.17, 15) is 29.4 Å². The van der Waals surface area contributed by atoms with Crippen molar-refractivity contribution in [3.05, 3.63) is 18.2 Å². The summed E-state index contributed by atoms with van der Waals surface area (Å²) < 4.78 is 0. The van der Waals surface area contributed by atoms with E-state index in [0.29, 0.717) is 25.1 Å². The molecular weight excluding hydrogens is 422 g/mol. The standard InChI is InChI=1S/C19H33N7O6/c1-10(21)16(28)26-15(11(2)27)18(30)24-13(5-3-4-6-20)17(29)25-14(19(31)32)7-12-8-22-9-23-12/h8-11,13-15,27H,3-7,20-21H2,1-2H3,(H,22,23)(H,24,30)(H,25,29)(H,26,28)(H,31,32). The first-order valence-electron chi connectivity index (χ1n) is 10.3. The van der Waals surface area contributed by atoms with E-state index in [-0.39, 0.29) is 12.8 Å². The average Bonchev–Trinajstić information content (AvgIpc) is 3.23. The smallest absolute Gasteiger partial charge is 0.326 e. The highest BCUT2D eigenvalue weighted by atomic mass is 16.4. The lowest BCUT2D eigenvalue weighted by molar-refractivity contribution is -0.142. The number of carbonyl (C=O) groups is 4. The molecule has 13 nitrogen and oxygen atoms in total. The molecule has 0 radical (unpaired) electrons. The van der Waals surface area contributed by atoms with Gasteiger partial charge in [0.25, 0.3) is 0 Å². The molecule has 0 aliphatic carbocycles. The second-order valence-electron chi connectivity index (χ2n) is 7.54. The number of hydrogen-bond donors (Lipinski definition) is 8. The predicted octanol–water partition coefficient (Wildman–Crippen LogP) is -2.65. The molecule has 3 amide bonds. The van der Waals surface area contributed by atoms with E-state index in [1.165, 1.54) is 26.4 Å². The van der Waals surface area contributed by atoms with Gasteiger partial charge in [-0.15, -0.1) is 0 Å². The molecule has 0 bridgehead atoms. The van der Waals surface area contributed by atoms with Crippen molar-refractivity contribution in [2.75, 3.05) is 6.54 Å². The van der Waals surface area contributed by atoms with Crippen LogP contribution in [0.25, 0.3) is 0 Å². The van der Waals surface area contributed by atoms with Gasteiger partial charge in [-0.2, -0.15) is 0 Å². The first kappa shape index (κ1) is 27.0. The van der Waals surface area contributed by atoms with E-state index in [4.69, 9.17) is 11.5 Å². The molecule has 0 aromatic carbocycles. The maximum Gasteiger partial charge on any atom is 0.326 e. The van der Waals surface area contributed by atoms with Gasteiger partial charge in [0.05, 0.1) is 18.5 Å². The molecule has 13 heteroatoms. The van der Waals surface area contributed by atoms with Crippen LogP contribution in [0.1, 0.15) is 38.8 Å². The fourth-order valence-corrected chi connectivity index (χ4v) is 2.80. The summed E-state index contributed by atoms with van der Waals surface area (Å²) in [6.45, 7) is 3.10. The number of carboxylic acid groups (broad SMARTS) is 1. The van der Waals surface area contributed by atoms with Crippen LogP contribution in [-0.2, 0) is 25.6 Å². The lowest BCUT2D eigenvalue weighted by atomic mass is 10.1. The van der Waals surface area contributed by atoms with Gasteiger partial charge in [0.1, 0.15) is 18.1 Å². The maximum absolute atomic E-state index is 12.8. The van der Waals surface area contributed by atoms with Crippen molar-refractivity contribution in [3.8, 4) is 0 Å². The number of carbonyl (C=O) groups excluding carboxylic acids is 3. The number of nitrogens with one attached hydrogen (secondary N) is 4. The molecule has 1 aromatic rings. The highest BCUT2D eigenvalue weighted by molar-refractivity contribution is 5.94. The van der Waals surface area contributed by atoms with Crippen molar-refractivity contribution in [2.24, 2.45) is 11.5 Å². The molecule has 5 atom stereocenters. The molecule has 5 unspecified atom stereocenters. The summed E-state index contributed by atoms with van der Waals surface area (Å²) in [4.78, 5) is 55.6. The van der Waals surface area contributed by atoms with Crippen molar-refractivity contribution < 1.29 is 29.4 Å². The van der Waals surface area contributed by atoms with Gasteiger partial charge in [0, 0.05) is 18.3 Å². The van der Waals surface area contributed by atoms with Crippen LogP contribution >= 0.6 is 0 Å². The minimum atomic E-state index is -1.35. The predicted molar refractivity (Wildman–Crippen MR) is 114 cm³/mol. The van der Waals surface area contributed by atoms with Gasteiger partial charge >= 0.3 is 5.97 Å². The second-order valence-corrected chi connectivity index (χ2v) is 7.54. The van der Waals surface area contributed by atoms with E-state index in [1.807, 2.05) is 0 Å². The molecule has 0 spiro atoms. The van der Waals surface area contributed by atoms with E-state index >= 15 is 0 Å². The summed E-state index contributed by atoms with van der Waals surface area (Å²) >= 11 is 0. The molecule has 10 N–H and O–H groups in total. The lowest BCUT2D eigenvalue weighted by Gasteiger charge is -2.26. The zero-order valence-corrected chi connectivity index (χ0v) is 18.2. The van der Waals surface area contributed by atoms with Gasteiger partial charge in [0.2, 0.25) is 17.7 Å². The minimum absolute atomic E-state index is 0.0364. The van der Waals surface area contributed by atoms with E-state index in [2.05, 4.69) is 25.9 Å². The minimum Gasteiger partial charge on any atom is -0.480 e. The number of aliphatic hydroxyl groups is 1. The number of aromatic amines is 1. The zero-order chi connectivity index (χ0) is 24.3. The first-order chi connectivity index (χ1) is 15.1. The number of rotatable bonds is 14. The Balaban J connectivity index is 2.93. The summed E-state index contributed by atoms with van der Waals surface area (Å²) in [6, 6.07) is -4.63. The topological polar surface area (TPSA) is 226 Å². The molecule has 0 aliphatic heterocycles. The van der Waals surface area contributed by atoms with Crippen LogP contribution in [0.2, 0.25) is 0 Å². The Kier molecular flexibility index (Phi) is 11.3. The van der Waals surface area contributed by atoms with Crippen LogP contribution in [0, 0.1) is 0 Å². The Hall–Kier alpha value is -3.03. The van der Waals surface area contributed by atoms with Gasteiger partial charge in [-0.1, -0.05) is 0 Å². The average molecular weight is 456 g/mol. The van der Waals surface area contributed by atoms with Crippen molar-refractivity contribution in [1.82, 2.24) is 25.9 Å². The molecule has 1 aromatic heterocycles. The first-order valence-corrected chi connectivity index (χ1v) is 10.3. The van der Waals surface area contributed by atoms with Crippen molar-refractivity contribution in [1.29, 1.82) is 0 Å². The number of H-pyrrole nitrogens is 1. The van der Waals surface area contributed by atoms with E-state index < -0.39 is 54.0 Å². The lowest BCUT2D eigenvalue weighted by Crippen LogP contribution is -2.59. The Morgan fingerprint density at radius 3 is 2.22 bits per heavy atom. The number of nitrogens with zero attached hydrogens (tertiary/aromatic N) is 1. The molecular formula is C19H33N7O6. The Morgan fingerprint density at radius 1 is 1.06 bits per heavy atom. The van der Waals surface area contributed by atoms with Crippen LogP contribution in [0.4, 0.5) is 0 Å². The normalized spacial score (nSPS) is 15.7. The van der Waals surface area contributed by atoms with E-state index in [1.54, 1.807) is 0 Å². The van der Waals surface area contributed by atoms with Crippen molar-refractivity contribution >= 4 is 23.7 Å². The SMILES string of the molecule is CC(N)C(=O)NC(C(=O)NC(CCCCN)C(=O)NC(Cc1cnc[nH]1)C(=O)O)C(C)O. The van der Waals surface area contributed by atoms with Gasteiger partial charge < -0.3 is 42.6 Å². The molecule has 1 heterocycles.